The predicted molar refractivity (Wildman–Crippen MR) is 83.9 cm³/mol. The first kappa shape index (κ1) is 13.9. The summed E-state index contributed by atoms with van der Waals surface area (Å²) in [6.07, 6.45) is 2.18. The Kier molecular flexibility index (Phi) is 3.74. The van der Waals surface area contributed by atoms with Gasteiger partial charge in [0.2, 0.25) is 0 Å². The fraction of sp³-hybridized carbons (Fsp3) is 0.250. The third-order valence-corrected chi connectivity index (χ3v) is 4.70. The van der Waals surface area contributed by atoms with Crippen LogP contribution in [-0.4, -0.2) is 0 Å². The van der Waals surface area contributed by atoms with E-state index in [4.69, 9.17) is 29.0 Å². The van der Waals surface area contributed by atoms with Crippen molar-refractivity contribution in [3.63, 3.8) is 0 Å². The van der Waals surface area contributed by atoms with Gasteiger partial charge >= 0.3 is 0 Å². The second kappa shape index (κ2) is 5.38. The number of rotatable bonds is 4. The lowest BCUT2D eigenvalue weighted by molar-refractivity contribution is 0.439. The molecule has 2 aromatic rings. The van der Waals surface area contributed by atoms with Gasteiger partial charge in [-0.2, -0.15) is 0 Å². The molecule has 2 nitrogen and oxygen atoms in total. The van der Waals surface area contributed by atoms with E-state index >= 15 is 0 Å². The third-order valence-electron chi connectivity index (χ3n) is 4.13. The van der Waals surface area contributed by atoms with Gasteiger partial charge in [-0.3, -0.25) is 11.3 Å². The van der Waals surface area contributed by atoms with Crippen molar-refractivity contribution in [3.05, 3.63) is 69.7 Å². The van der Waals surface area contributed by atoms with Crippen molar-refractivity contribution in [1.82, 2.24) is 5.43 Å². The summed E-state index contributed by atoms with van der Waals surface area (Å²) in [5, 5.41) is 1.37. The minimum absolute atomic E-state index is 0.0182. The number of nitrogens with one attached hydrogen (secondary N) is 1. The van der Waals surface area contributed by atoms with Crippen molar-refractivity contribution >= 4 is 23.2 Å². The van der Waals surface area contributed by atoms with E-state index in [1.807, 2.05) is 18.2 Å². The highest BCUT2D eigenvalue weighted by molar-refractivity contribution is 6.33. The SMILES string of the molecule is NNC(c1cc(Cl)ccc1Cl)C1(c2ccccc2)CC1. The summed E-state index contributed by atoms with van der Waals surface area (Å²) < 4.78 is 0. The van der Waals surface area contributed by atoms with Crippen molar-refractivity contribution in [2.45, 2.75) is 24.3 Å². The summed E-state index contributed by atoms with van der Waals surface area (Å²) >= 11 is 12.4. The highest BCUT2D eigenvalue weighted by atomic mass is 35.5. The zero-order valence-corrected chi connectivity index (χ0v) is 12.5. The molecule has 0 saturated heterocycles. The summed E-state index contributed by atoms with van der Waals surface area (Å²) in [4.78, 5) is 0. The minimum Gasteiger partial charge on any atom is -0.271 e. The molecule has 4 heteroatoms. The van der Waals surface area contributed by atoms with Gasteiger partial charge in [0.1, 0.15) is 0 Å². The molecule has 0 radical (unpaired) electrons. The van der Waals surface area contributed by atoms with Crippen LogP contribution < -0.4 is 11.3 Å². The van der Waals surface area contributed by atoms with Crippen molar-refractivity contribution in [3.8, 4) is 0 Å². The lowest BCUT2D eigenvalue weighted by Crippen LogP contribution is -2.37. The fourth-order valence-corrected chi connectivity index (χ4v) is 3.34. The molecule has 0 aromatic heterocycles. The number of hydrogen-bond acceptors (Lipinski definition) is 2. The minimum atomic E-state index is -0.0314. The molecule has 1 aliphatic carbocycles. The molecule has 1 atom stereocenters. The highest BCUT2D eigenvalue weighted by Gasteiger charge is 2.51. The largest absolute Gasteiger partial charge is 0.271 e. The van der Waals surface area contributed by atoms with Gasteiger partial charge in [-0.15, -0.1) is 0 Å². The number of hydrogen-bond donors (Lipinski definition) is 2. The quantitative estimate of drug-likeness (QED) is 0.655. The van der Waals surface area contributed by atoms with Gasteiger partial charge in [0.25, 0.3) is 0 Å². The van der Waals surface area contributed by atoms with Crippen molar-refractivity contribution in [1.29, 1.82) is 0 Å². The Hall–Kier alpha value is -1.06. The Morgan fingerprint density at radius 2 is 1.75 bits per heavy atom. The lowest BCUT2D eigenvalue weighted by atomic mass is 9.84. The van der Waals surface area contributed by atoms with Crippen LogP contribution >= 0.6 is 23.2 Å². The summed E-state index contributed by atoms with van der Waals surface area (Å²) in [5.74, 6) is 5.84. The van der Waals surface area contributed by atoms with Crippen LogP contribution in [0, 0.1) is 0 Å². The molecule has 0 heterocycles. The molecule has 1 fully saturated rings. The molecule has 1 saturated carbocycles. The van der Waals surface area contributed by atoms with Gasteiger partial charge in [-0.25, -0.2) is 0 Å². The zero-order chi connectivity index (χ0) is 14.2. The molecule has 0 spiro atoms. The Morgan fingerprint density at radius 1 is 1.05 bits per heavy atom. The number of halogens is 2. The highest BCUT2D eigenvalue weighted by Crippen LogP contribution is 2.57. The lowest BCUT2D eigenvalue weighted by Gasteiger charge is -2.28. The van der Waals surface area contributed by atoms with E-state index in [0.29, 0.717) is 10.0 Å². The van der Waals surface area contributed by atoms with Crippen LogP contribution in [0.5, 0.6) is 0 Å². The molecule has 1 unspecified atom stereocenters. The maximum Gasteiger partial charge on any atom is 0.0571 e. The smallest absolute Gasteiger partial charge is 0.0571 e. The Bertz CT molecular complexity index is 609. The van der Waals surface area contributed by atoms with Gasteiger partial charge in [0.05, 0.1) is 6.04 Å². The normalized spacial score (nSPS) is 17.8. The van der Waals surface area contributed by atoms with Gasteiger partial charge < -0.3 is 0 Å². The monoisotopic (exact) mass is 306 g/mol. The number of benzene rings is 2. The Labute approximate surface area is 128 Å². The van der Waals surface area contributed by atoms with Gasteiger partial charge in [-0.1, -0.05) is 53.5 Å². The van der Waals surface area contributed by atoms with Crippen molar-refractivity contribution in [2.75, 3.05) is 0 Å². The molecule has 0 amide bonds. The van der Waals surface area contributed by atoms with Crippen LogP contribution in [0.3, 0.4) is 0 Å². The second-order valence-electron chi connectivity index (χ2n) is 5.29. The Morgan fingerprint density at radius 3 is 2.35 bits per heavy atom. The summed E-state index contributed by atoms with van der Waals surface area (Å²) in [7, 11) is 0. The zero-order valence-electron chi connectivity index (χ0n) is 10.9. The summed E-state index contributed by atoms with van der Waals surface area (Å²) in [5.41, 5.74) is 5.21. The molecule has 20 heavy (non-hydrogen) atoms. The maximum atomic E-state index is 6.34. The molecule has 3 N–H and O–H groups in total. The van der Waals surface area contributed by atoms with Crippen molar-refractivity contribution < 1.29 is 0 Å². The molecule has 0 aliphatic heterocycles. The van der Waals surface area contributed by atoms with Crippen molar-refractivity contribution in [2.24, 2.45) is 5.84 Å². The summed E-state index contributed by atoms with van der Waals surface area (Å²) in [6, 6.07) is 15.9. The third kappa shape index (κ3) is 2.33. The van der Waals surface area contributed by atoms with Crippen LogP contribution in [0.1, 0.15) is 30.0 Å². The summed E-state index contributed by atoms with van der Waals surface area (Å²) in [6.45, 7) is 0. The van der Waals surface area contributed by atoms with Crippen LogP contribution in [0.4, 0.5) is 0 Å². The first-order valence-corrected chi connectivity index (χ1v) is 7.39. The predicted octanol–water partition coefficient (Wildman–Crippen LogP) is 4.23. The van der Waals surface area contributed by atoms with E-state index in [-0.39, 0.29) is 11.5 Å². The van der Waals surface area contributed by atoms with Gasteiger partial charge in [-0.05, 0) is 42.2 Å². The standard InChI is InChI=1S/C16H16Cl2N2/c17-12-6-7-14(18)13(10-12)15(20-19)16(8-9-16)11-4-2-1-3-5-11/h1-7,10,15,20H,8-9,19H2. The van der Waals surface area contributed by atoms with Crippen LogP contribution in [0.15, 0.2) is 48.5 Å². The van der Waals surface area contributed by atoms with E-state index < -0.39 is 0 Å². The van der Waals surface area contributed by atoms with Crippen LogP contribution in [0.25, 0.3) is 0 Å². The molecular weight excluding hydrogens is 291 g/mol. The molecule has 1 aliphatic rings. The van der Waals surface area contributed by atoms with E-state index in [1.165, 1.54) is 5.56 Å². The number of hydrazine groups is 1. The van der Waals surface area contributed by atoms with Crippen LogP contribution in [0.2, 0.25) is 10.0 Å². The fourth-order valence-electron chi connectivity index (χ4n) is 2.93. The topological polar surface area (TPSA) is 38.0 Å². The van der Waals surface area contributed by atoms with Crippen LogP contribution in [-0.2, 0) is 5.41 Å². The average molecular weight is 307 g/mol. The van der Waals surface area contributed by atoms with E-state index in [9.17, 15) is 0 Å². The first-order chi connectivity index (χ1) is 9.67. The molecule has 3 rings (SSSR count). The molecule has 2 aromatic carbocycles. The van der Waals surface area contributed by atoms with E-state index in [0.717, 1.165) is 18.4 Å². The maximum absolute atomic E-state index is 6.34. The second-order valence-corrected chi connectivity index (χ2v) is 6.13. The van der Waals surface area contributed by atoms with Gasteiger partial charge in [0.15, 0.2) is 0 Å². The number of nitrogens with two attached hydrogens (primary N) is 1. The van der Waals surface area contributed by atoms with Gasteiger partial charge in [0, 0.05) is 15.5 Å². The molecule has 0 bridgehead atoms. The van der Waals surface area contributed by atoms with E-state index in [2.05, 4.69) is 29.7 Å². The molecule has 104 valence electrons. The average Bonchev–Trinajstić information content (AvgIpc) is 3.26. The molecular formula is C16H16Cl2N2. The first-order valence-electron chi connectivity index (χ1n) is 6.64. The van der Waals surface area contributed by atoms with E-state index in [1.54, 1.807) is 6.07 Å². The Balaban J connectivity index is 2.04.